The third-order valence-electron chi connectivity index (χ3n) is 7.69. The number of aliphatic hydroxyl groups excluding tert-OH is 1. The summed E-state index contributed by atoms with van der Waals surface area (Å²) in [6, 6.07) is 15.8. The quantitative estimate of drug-likeness (QED) is 0.130. The molecule has 50 heavy (non-hydrogen) atoms. The number of benzene rings is 3. The molecule has 3 rings (SSSR count). The van der Waals surface area contributed by atoms with Crippen LogP contribution in [0.1, 0.15) is 47.8 Å². The topological polar surface area (TPSA) is 177 Å². The highest BCUT2D eigenvalue weighted by Gasteiger charge is 2.25. The summed E-state index contributed by atoms with van der Waals surface area (Å²) >= 11 is 0. The van der Waals surface area contributed by atoms with Gasteiger partial charge in [-0.15, -0.1) is 0 Å². The lowest BCUT2D eigenvalue weighted by atomic mass is 10.00. The number of aliphatic hydroxyl groups is 1. The summed E-state index contributed by atoms with van der Waals surface area (Å²) in [5.41, 5.74) is 2.68. The standard InChI is InChI=1S/C33H44F2N4O4S.2CH2O2/c1-5-24-9-8-10-25(17-24)22-36-23-32(40)31(20-26-18-28(34)21-29(35)19-26)37-33(41)27-11-13-30(14-12-27)44(42,43)38(4)15-16-39(6-2)7-3;2*2-1-3/h8-14,17-19,21,31-32,36,40H,5-7,15-16,20,22-23H2,1-4H3,(H,37,41);2*1H,(H,2,3)/t31-,32+;;/m0../s1. The van der Waals surface area contributed by atoms with E-state index in [0.29, 0.717) is 19.6 Å². The summed E-state index contributed by atoms with van der Waals surface area (Å²) in [5, 5.41) is 30.8. The zero-order valence-electron chi connectivity index (χ0n) is 28.8. The van der Waals surface area contributed by atoms with E-state index in [1.807, 2.05) is 32.0 Å². The van der Waals surface area contributed by atoms with Crippen molar-refractivity contribution in [1.29, 1.82) is 0 Å². The van der Waals surface area contributed by atoms with E-state index in [4.69, 9.17) is 19.8 Å². The summed E-state index contributed by atoms with van der Waals surface area (Å²) < 4.78 is 55.3. The lowest BCUT2D eigenvalue weighted by Crippen LogP contribution is -2.48. The van der Waals surface area contributed by atoms with E-state index >= 15 is 0 Å². The van der Waals surface area contributed by atoms with Gasteiger partial charge in [-0.25, -0.2) is 17.2 Å². The molecule has 2 atom stereocenters. The number of sulfonamides is 1. The minimum absolute atomic E-state index is 0.0294. The molecule has 15 heteroatoms. The first-order valence-electron chi connectivity index (χ1n) is 16.0. The van der Waals surface area contributed by atoms with Gasteiger partial charge in [-0.1, -0.05) is 45.0 Å². The van der Waals surface area contributed by atoms with E-state index in [-0.39, 0.29) is 41.9 Å². The number of nitrogens with one attached hydrogen (secondary N) is 2. The van der Waals surface area contributed by atoms with Crippen molar-refractivity contribution in [3.05, 3.63) is 101 Å². The van der Waals surface area contributed by atoms with Gasteiger partial charge < -0.3 is 30.9 Å². The molecular formula is C35H48F2N4O8S. The van der Waals surface area contributed by atoms with Crippen LogP contribution in [0.5, 0.6) is 0 Å². The van der Waals surface area contributed by atoms with Crippen LogP contribution in [-0.4, -0.2) is 104 Å². The van der Waals surface area contributed by atoms with Crippen LogP contribution in [-0.2, 0) is 39.0 Å². The Hall–Kier alpha value is -4.28. The van der Waals surface area contributed by atoms with Gasteiger partial charge in [0, 0.05) is 44.9 Å². The second-order valence-corrected chi connectivity index (χ2v) is 13.1. The molecule has 5 N–H and O–H groups in total. The number of halogens is 2. The van der Waals surface area contributed by atoms with E-state index in [2.05, 4.69) is 28.5 Å². The fourth-order valence-electron chi connectivity index (χ4n) is 4.88. The molecule has 0 saturated carbocycles. The van der Waals surface area contributed by atoms with Crippen LogP contribution in [0.3, 0.4) is 0 Å². The van der Waals surface area contributed by atoms with Crippen LogP contribution in [0, 0.1) is 11.6 Å². The fourth-order valence-corrected chi connectivity index (χ4v) is 6.05. The van der Waals surface area contributed by atoms with E-state index in [0.717, 1.165) is 43.3 Å². The fraction of sp³-hybridized carbons (Fsp3) is 0.400. The molecule has 0 spiro atoms. The summed E-state index contributed by atoms with van der Waals surface area (Å²) in [7, 11) is -2.24. The Bertz CT molecular complexity index is 1550. The minimum atomic E-state index is -3.76. The van der Waals surface area contributed by atoms with Gasteiger partial charge in [0.15, 0.2) is 0 Å². The first kappa shape index (κ1) is 43.7. The predicted molar refractivity (Wildman–Crippen MR) is 186 cm³/mol. The maximum absolute atomic E-state index is 13.9. The van der Waals surface area contributed by atoms with Crippen molar-refractivity contribution in [3.8, 4) is 0 Å². The molecule has 0 aliphatic heterocycles. The van der Waals surface area contributed by atoms with Gasteiger partial charge in [-0.3, -0.25) is 14.4 Å². The number of hydrogen-bond acceptors (Lipinski definition) is 8. The number of nitrogens with zero attached hydrogens (tertiary/aromatic N) is 2. The first-order chi connectivity index (χ1) is 23.8. The average Bonchev–Trinajstić information content (AvgIpc) is 3.08. The van der Waals surface area contributed by atoms with Gasteiger partial charge in [0.25, 0.3) is 18.9 Å². The predicted octanol–water partition coefficient (Wildman–Crippen LogP) is 3.38. The minimum Gasteiger partial charge on any atom is -0.483 e. The lowest BCUT2D eigenvalue weighted by Gasteiger charge is -2.25. The SMILES string of the molecule is CCc1cccc(CNC[C@@H](O)[C@H](Cc2cc(F)cc(F)c2)NC(=O)c2ccc(S(=O)(=O)N(C)CCN(CC)CC)cc2)c1.O=CO.O=CO. The normalized spacial score (nSPS) is 12.2. The Morgan fingerprint density at radius 3 is 1.96 bits per heavy atom. The van der Waals surface area contributed by atoms with Crippen molar-refractivity contribution in [2.75, 3.05) is 39.8 Å². The lowest BCUT2D eigenvalue weighted by molar-refractivity contribution is -0.123. The highest BCUT2D eigenvalue weighted by Crippen LogP contribution is 2.17. The molecule has 0 bridgehead atoms. The Morgan fingerprint density at radius 2 is 1.42 bits per heavy atom. The highest BCUT2D eigenvalue weighted by molar-refractivity contribution is 7.89. The maximum Gasteiger partial charge on any atom is 0.290 e. The maximum atomic E-state index is 13.9. The molecule has 0 aliphatic rings. The van der Waals surface area contributed by atoms with Gasteiger partial charge >= 0.3 is 0 Å². The van der Waals surface area contributed by atoms with Crippen LogP contribution in [0.15, 0.2) is 71.6 Å². The van der Waals surface area contributed by atoms with Crippen molar-refractivity contribution in [3.63, 3.8) is 0 Å². The number of carbonyl (C=O) groups excluding carboxylic acids is 1. The second kappa shape index (κ2) is 23.2. The van der Waals surface area contributed by atoms with Crippen LogP contribution in [0.25, 0.3) is 0 Å². The zero-order chi connectivity index (χ0) is 37.7. The van der Waals surface area contributed by atoms with Gasteiger partial charge in [-0.2, -0.15) is 4.31 Å². The second-order valence-electron chi connectivity index (χ2n) is 11.0. The molecule has 0 radical (unpaired) electrons. The van der Waals surface area contributed by atoms with Gasteiger partial charge in [0.2, 0.25) is 10.0 Å². The number of rotatable bonds is 17. The van der Waals surface area contributed by atoms with E-state index in [1.54, 1.807) is 0 Å². The summed E-state index contributed by atoms with van der Waals surface area (Å²) in [6.07, 6.45) is -0.230. The summed E-state index contributed by atoms with van der Waals surface area (Å²) in [6.45, 7) is 8.76. The van der Waals surface area contributed by atoms with Crippen molar-refractivity contribution in [2.24, 2.45) is 0 Å². The van der Waals surface area contributed by atoms with Gasteiger partial charge in [-0.05, 0) is 79.0 Å². The monoisotopic (exact) mass is 722 g/mol. The summed E-state index contributed by atoms with van der Waals surface area (Å²) in [4.78, 5) is 32.1. The number of amides is 1. The van der Waals surface area contributed by atoms with E-state index in [1.165, 1.54) is 41.2 Å². The molecule has 1 amide bonds. The molecule has 3 aromatic rings. The highest BCUT2D eigenvalue weighted by atomic mass is 32.2. The third-order valence-corrected chi connectivity index (χ3v) is 9.56. The number of carbonyl (C=O) groups is 3. The molecule has 0 fully saturated rings. The molecule has 0 aromatic heterocycles. The zero-order valence-corrected chi connectivity index (χ0v) is 29.6. The van der Waals surface area contributed by atoms with Crippen molar-refractivity contribution < 1.29 is 46.9 Å². The number of carboxylic acid groups (broad SMARTS) is 2. The first-order valence-corrected chi connectivity index (χ1v) is 17.4. The van der Waals surface area contributed by atoms with Crippen LogP contribution in [0.2, 0.25) is 0 Å². The Labute approximate surface area is 292 Å². The molecule has 276 valence electrons. The average molecular weight is 723 g/mol. The molecular weight excluding hydrogens is 674 g/mol. The molecule has 0 saturated heterocycles. The van der Waals surface area contributed by atoms with Crippen LogP contribution < -0.4 is 10.6 Å². The number of likely N-dealkylation sites (N-methyl/N-ethyl adjacent to an activating group) is 2. The molecule has 0 heterocycles. The van der Waals surface area contributed by atoms with E-state index in [9.17, 15) is 27.1 Å². The van der Waals surface area contributed by atoms with Gasteiger partial charge in [0.1, 0.15) is 11.6 Å². The molecule has 12 nitrogen and oxygen atoms in total. The van der Waals surface area contributed by atoms with Crippen molar-refractivity contribution in [2.45, 2.75) is 57.2 Å². The largest absolute Gasteiger partial charge is 0.483 e. The Kier molecular flexibility index (Phi) is 20.3. The Balaban J connectivity index is 0.00000194. The number of hydrogen-bond donors (Lipinski definition) is 5. The molecule has 3 aromatic carbocycles. The number of aryl methyl sites for hydroxylation is 1. The van der Waals surface area contributed by atoms with E-state index < -0.39 is 39.7 Å². The van der Waals surface area contributed by atoms with Crippen molar-refractivity contribution >= 4 is 28.9 Å². The van der Waals surface area contributed by atoms with Crippen molar-refractivity contribution in [1.82, 2.24) is 19.8 Å². The summed E-state index contributed by atoms with van der Waals surface area (Å²) in [5.74, 6) is -2.07. The molecule has 0 unspecified atom stereocenters. The van der Waals surface area contributed by atoms with Gasteiger partial charge in [0.05, 0.1) is 17.0 Å². The Morgan fingerprint density at radius 1 is 0.860 bits per heavy atom. The van der Waals surface area contributed by atoms with Crippen LogP contribution >= 0.6 is 0 Å². The molecule has 0 aliphatic carbocycles. The third kappa shape index (κ3) is 15.1. The smallest absolute Gasteiger partial charge is 0.290 e. The van der Waals surface area contributed by atoms with Crippen LogP contribution in [0.4, 0.5) is 8.78 Å².